The summed E-state index contributed by atoms with van der Waals surface area (Å²) in [7, 11) is 0. The molecule has 1 aromatic rings. The standard InChI is InChI=1S/C13H20N2O2/c1-2-7-11-10-12(14-17-11)13(16)15-8-5-3-4-6-9-15/h10H,2-9H2,1H3. The highest BCUT2D eigenvalue weighted by Crippen LogP contribution is 2.14. The third kappa shape index (κ3) is 3.08. The zero-order valence-corrected chi connectivity index (χ0v) is 10.4. The Bertz CT molecular complexity index is 365. The Labute approximate surface area is 102 Å². The van der Waals surface area contributed by atoms with Crippen molar-refractivity contribution in [3.05, 3.63) is 17.5 Å². The molecular formula is C13H20N2O2. The van der Waals surface area contributed by atoms with Crippen LogP contribution in [-0.4, -0.2) is 29.1 Å². The van der Waals surface area contributed by atoms with Gasteiger partial charge in [0, 0.05) is 25.6 Å². The van der Waals surface area contributed by atoms with Crippen LogP contribution in [0.5, 0.6) is 0 Å². The lowest BCUT2D eigenvalue weighted by Crippen LogP contribution is -2.32. The molecule has 0 N–H and O–H groups in total. The van der Waals surface area contributed by atoms with E-state index >= 15 is 0 Å². The van der Waals surface area contributed by atoms with E-state index in [4.69, 9.17) is 4.52 Å². The lowest BCUT2D eigenvalue weighted by atomic mass is 10.2. The molecule has 1 aliphatic rings. The number of hydrogen-bond donors (Lipinski definition) is 0. The molecule has 0 bridgehead atoms. The van der Waals surface area contributed by atoms with Crippen molar-refractivity contribution in [3.8, 4) is 0 Å². The number of carbonyl (C=O) groups is 1. The van der Waals surface area contributed by atoms with Crippen LogP contribution in [0.25, 0.3) is 0 Å². The van der Waals surface area contributed by atoms with Crippen LogP contribution < -0.4 is 0 Å². The van der Waals surface area contributed by atoms with E-state index in [1.807, 2.05) is 4.90 Å². The molecule has 1 fully saturated rings. The second-order valence-electron chi connectivity index (χ2n) is 4.63. The summed E-state index contributed by atoms with van der Waals surface area (Å²) in [5, 5.41) is 3.87. The summed E-state index contributed by atoms with van der Waals surface area (Å²) in [6, 6.07) is 1.79. The first-order chi connectivity index (χ1) is 8.31. The van der Waals surface area contributed by atoms with Crippen molar-refractivity contribution in [1.82, 2.24) is 10.1 Å². The molecule has 4 nitrogen and oxygen atoms in total. The molecule has 94 valence electrons. The third-order valence-corrected chi connectivity index (χ3v) is 3.17. The molecule has 17 heavy (non-hydrogen) atoms. The molecular weight excluding hydrogens is 216 g/mol. The fraction of sp³-hybridized carbons (Fsp3) is 0.692. The molecule has 1 saturated heterocycles. The lowest BCUT2D eigenvalue weighted by Gasteiger charge is -2.18. The van der Waals surface area contributed by atoms with Gasteiger partial charge in [-0.05, 0) is 19.3 Å². The summed E-state index contributed by atoms with van der Waals surface area (Å²) < 4.78 is 5.15. The molecule has 1 amide bonds. The molecule has 1 aromatic heterocycles. The Hall–Kier alpha value is -1.32. The largest absolute Gasteiger partial charge is 0.361 e. The maximum absolute atomic E-state index is 12.2. The first-order valence-electron chi connectivity index (χ1n) is 6.56. The zero-order valence-electron chi connectivity index (χ0n) is 10.4. The first kappa shape index (κ1) is 12.1. The van der Waals surface area contributed by atoms with E-state index in [-0.39, 0.29) is 5.91 Å². The number of rotatable bonds is 3. The van der Waals surface area contributed by atoms with Gasteiger partial charge in [0.15, 0.2) is 5.69 Å². The molecule has 2 heterocycles. The number of amides is 1. The van der Waals surface area contributed by atoms with Crippen LogP contribution in [-0.2, 0) is 6.42 Å². The minimum absolute atomic E-state index is 0.0259. The van der Waals surface area contributed by atoms with Crippen molar-refractivity contribution < 1.29 is 9.32 Å². The second-order valence-corrected chi connectivity index (χ2v) is 4.63. The van der Waals surface area contributed by atoms with Gasteiger partial charge in [-0.3, -0.25) is 4.79 Å². The van der Waals surface area contributed by atoms with Crippen molar-refractivity contribution in [2.75, 3.05) is 13.1 Å². The van der Waals surface area contributed by atoms with Crippen LogP contribution in [0.2, 0.25) is 0 Å². The van der Waals surface area contributed by atoms with Crippen LogP contribution in [0, 0.1) is 0 Å². The maximum atomic E-state index is 12.2. The van der Waals surface area contributed by atoms with Gasteiger partial charge in [0.25, 0.3) is 5.91 Å². The SMILES string of the molecule is CCCc1cc(C(=O)N2CCCCCC2)no1. The highest BCUT2D eigenvalue weighted by atomic mass is 16.5. The Morgan fingerprint density at radius 1 is 1.35 bits per heavy atom. The van der Waals surface area contributed by atoms with E-state index in [1.54, 1.807) is 6.07 Å². The molecule has 2 rings (SSSR count). The molecule has 0 unspecified atom stereocenters. The Kier molecular flexibility index (Phi) is 4.18. The third-order valence-electron chi connectivity index (χ3n) is 3.17. The van der Waals surface area contributed by atoms with E-state index in [0.29, 0.717) is 5.69 Å². The Balaban J connectivity index is 2.01. The normalized spacial score (nSPS) is 16.9. The smallest absolute Gasteiger partial charge is 0.276 e. The lowest BCUT2D eigenvalue weighted by molar-refractivity contribution is 0.0751. The predicted octanol–water partition coefficient (Wildman–Crippen LogP) is 2.64. The monoisotopic (exact) mass is 236 g/mol. The molecule has 0 atom stereocenters. The first-order valence-corrected chi connectivity index (χ1v) is 6.56. The quantitative estimate of drug-likeness (QED) is 0.810. The number of aryl methyl sites for hydroxylation is 1. The van der Waals surface area contributed by atoms with E-state index < -0.39 is 0 Å². The van der Waals surface area contributed by atoms with Crippen molar-refractivity contribution in [3.63, 3.8) is 0 Å². The molecule has 0 aliphatic carbocycles. The summed E-state index contributed by atoms with van der Waals surface area (Å²) in [6.45, 7) is 3.79. The van der Waals surface area contributed by atoms with E-state index in [0.717, 1.165) is 44.5 Å². The van der Waals surface area contributed by atoms with Gasteiger partial charge in [0.05, 0.1) is 0 Å². The Morgan fingerprint density at radius 2 is 2.06 bits per heavy atom. The Morgan fingerprint density at radius 3 is 2.71 bits per heavy atom. The minimum Gasteiger partial charge on any atom is -0.361 e. The number of nitrogens with zero attached hydrogens (tertiary/aromatic N) is 2. The number of carbonyl (C=O) groups excluding carboxylic acids is 1. The van der Waals surface area contributed by atoms with Crippen LogP contribution in [0.1, 0.15) is 55.3 Å². The minimum atomic E-state index is 0.0259. The predicted molar refractivity (Wildman–Crippen MR) is 64.9 cm³/mol. The molecule has 0 aromatic carbocycles. The average molecular weight is 236 g/mol. The molecule has 4 heteroatoms. The van der Waals surface area contributed by atoms with Gasteiger partial charge >= 0.3 is 0 Å². The highest BCUT2D eigenvalue weighted by molar-refractivity contribution is 5.92. The number of likely N-dealkylation sites (tertiary alicyclic amines) is 1. The van der Waals surface area contributed by atoms with Crippen molar-refractivity contribution in [1.29, 1.82) is 0 Å². The van der Waals surface area contributed by atoms with Gasteiger partial charge in [-0.2, -0.15) is 0 Å². The summed E-state index contributed by atoms with van der Waals surface area (Å²) in [5.41, 5.74) is 0.468. The molecule has 0 spiro atoms. The fourth-order valence-electron chi connectivity index (χ4n) is 2.21. The topological polar surface area (TPSA) is 46.3 Å². The molecule has 0 radical (unpaired) electrons. The van der Waals surface area contributed by atoms with E-state index in [9.17, 15) is 4.79 Å². The zero-order chi connectivity index (χ0) is 12.1. The second kappa shape index (κ2) is 5.84. The van der Waals surface area contributed by atoms with Gasteiger partial charge in [-0.1, -0.05) is 24.9 Å². The van der Waals surface area contributed by atoms with Gasteiger partial charge < -0.3 is 9.42 Å². The van der Waals surface area contributed by atoms with Crippen LogP contribution in [0.3, 0.4) is 0 Å². The van der Waals surface area contributed by atoms with Gasteiger partial charge in [-0.15, -0.1) is 0 Å². The number of hydrogen-bond acceptors (Lipinski definition) is 3. The molecule has 0 saturated carbocycles. The van der Waals surface area contributed by atoms with Crippen LogP contribution in [0.15, 0.2) is 10.6 Å². The average Bonchev–Trinajstić information content (AvgIpc) is 2.64. The number of aromatic nitrogens is 1. The summed E-state index contributed by atoms with van der Waals surface area (Å²) >= 11 is 0. The van der Waals surface area contributed by atoms with Gasteiger partial charge in [-0.25, -0.2) is 0 Å². The van der Waals surface area contributed by atoms with E-state index in [2.05, 4.69) is 12.1 Å². The fourth-order valence-corrected chi connectivity index (χ4v) is 2.21. The highest BCUT2D eigenvalue weighted by Gasteiger charge is 2.20. The van der Waals surface area contributed by atoms with Crippen LogP contribution in [0.4, 0.5) is 0 Å². The van der Waals surface area contributed by atoms with Gasteiger partial charge in [0.2, 0.25) is 0 Å². The molecule has 1 aliphatic heterocycles. The van der Waals surface area contributed by atoms with E-state index in [1.165, 1.54) is 12.8 Å². The van der Waals surface area contributed by atoms with Crippen molar-refractivity contribution in [2.45, 2.75) is 45.4 Å². The van der Waals surface area contributed by atoms with Crippen molar-refractivity contribution in [2.24, 2.45) is 0 Å². The summed E-state index contributed by atoms with van der Waals surface area (Å²) in [4.78, 5) is 14.1. The summed E-state index contributed by atoms with van der Waals surface area (Å²) in [6.07, 6.45) is 6.51. The van der Waals surface area contributed by atoms with Crippen molar-refractivity contribution >= 4 is 5.91 Å². The maximum Gasteiger partial charge on any atom is 0.276 e. The summed E-state index contributed by atoms with van der Waals surface area (Å²) in [5.74, 6) is 0.837. The van der Waals surface area contributed by atoms with Gasteiger partial charge in [0.1, 0.15) is 5.76 Å². The van der Waals surface area contributed by atoms with Crippen LogP contribution >= 0.6 is 0 Å².